The van der Waals surface area contributed by atoms with Gasteiger partial charge in [0.15, 0.2) is 11.0 Å². The third kappa shape index (κ3) is 3.37. The number of aliphatic imine (C=N–C) groups is 1. The number of amidine groups is 1. The fourth-order valence-corrected chi connectivity index (χ4v) is 3.56. The van der Waals surface area contributed by atoms with Crippen LogP contribution in [0.2, 0.25) is 5.02 Å². The number of methoxy groups -OCH3 is 1. The highest BCUT2D eigenvalue weighted by Crippen LogP contribution is 2.31. The lowest BCUT2D eigenvalue weighted by Crippen LogP contribution is -2.32. The second-order valence-electron chi connectivity index (χ2n) is 5.67. The molecule has 0 saturated carbocycles. The van der Waals surface area contributed by atoms with Crippen LogP contribution >= 0.6 is 22.9 Å². The van der Waals surface area contributed by atoms with Gasteiger partial charge in [-0.2, -0.15) is 0 Å². The highest BCUT2D eigenvalue weighted by atomic mass is 35.5. The molecule has 1 aliphatic rings. The van der Waals surface area contributed by atoms with E-state index in [1.165, 1.54) is 16.2 Å². The molecule has 27 heavy (non-hydrogen) atoms. The number of thiazole rings is 1. The molecule has 0 saturated heterocycles. The van der Waals surface area contributed by atoms with Gasteiger partial charge in [-0.3, -0.25) is 4.79 Å². The molecule has 0 aliphatic carbocycles. The van der Waals surface area contributed by atoms with Gasteiger partial charge in [0, 0.05) is 17.1 Å². The molecule has 1 aliphatic heterocycles. The number of carbonyl (C=O) groups is 1. The van der Waals surface area contributed by atoms with Crippen molar-refractivity contribution in [2.24, 2.45) is 4.99 Å². The largest absolute Gasteiger partial charge is 0.497 e. The summed E-state index contributed by atoms with van der Waals surface area (Å²) in [6.07, 6.45) is 3.40. The summed E-state index contributed by atoms with van der Waals surface area (Å²) in [6, 6.07) is 14.7. The summed E-state index contributed by atoms with van der Waals surface area (Å²) in [7, 11) is 1.61. The third-order valence-electron chi connectivity index (χ3n) is 4.00. The predicted molar refractivity (Wildman–Crippen MR) is 109 cm³/mol. The second kappa shape index (κ2) is 7.34. The van der Waals surface area contributed by atoms with Crippen molar-refractivity contribution in [1.82, 2.24) is 4.98 Å². The molecule has 1 amide bonds. The maximum atomic E-state index is 13.1. The number of hydrogen-bond acceptors (Lipinski definition) is 5. The molecule has 0 unspecified atom stereocenters. The normalized spacial score (nSPS) is 15.3. The molecule has 2 aromatic carbocycles. The van der Waals surface area contributed by atoms with Crippen molar-refractivity contribution < 1.29 is 9.53 Å². The number of amides is 1. The average molecular weight is 396 g/mol. The maximum Gasteiger partial charge on any atom is 0.284 e. The van der Waals surface area contributed by atoms with Crippen molar-refractivity contribution >= 4 is 45.9 Å². The highest BCUT2D eigenvalue weighted by Gasteiger charge is 2.34. The first kappa shape index (κ1) is 17.5. The monoisotopic (exact) mass is 395 g/mol. The topological polar surface area (TPSA) is 54.8 Å². The minimum Gasteiger partial charge on any atom is -0.497 e. The number of benzene rings is 2. The lowest BCUT2D eigenvalue weighted by molar-refractivity contribution is -0.113. The van der Waals surface area contributed by atoms with Crippen LogP contribution < -0.4 is 9.64 Å². The zero-order chi connectivity index (χ0) is 18.8. The van der Waals surface area contributed by atoms with Crippen LogP contribution in [0.1, 0.15) is 11.1 Å². The van der Waals surface area contributed by atoms with Crippen molar-refractivity contribution in [1.29, 1.82) is 0 Å². The van der Waals surface area contributed by atoms with E-state index in [0.717, 1.165) is 11.3 Å². The van der Waals surface area contributed by atoms with Crippen molar-refractivity contribution in [2.75, 3.05) is 12.0 Å². The molecular weight excluding hydrogens is 382 g/mol. The molecule has 0 atom stereocenters. The van der Waals surface area contributed by atoms with E-state index in [1.807, 2.05) is 47.8 Å². The summed E-state index contributed by atoms with van der Waals surface area (Å²) in [5, 5.41) is 2.89. The number of ether oxygens (including phenoxy) is 1. The Labute approximate surface area is 165 Å². The maximum absolute atomic E-state index is 13.1. The first-order valence-electron chi connectivity index (χ1n) is 8.10. The average Bonchev–Trinajstić information content (AvgIpc) is 3.31. The lowest BCUT2D eigenvalue weighted by atomic mass is 10.2. The first-order valence-corrected chi connectivity index (χ1v) is 9.36. The molecule has 0 spiro atoms. The van der Waals surface area contributed by atoms with Gasteiger partial charge in [0.1, 0.15) is 11.4 Å². The Bertz CT molecular complexity index is 1040. The number of anilines is 1. The quantitative estimate of drug-likeness (QED) is 0.605. The predicted octanol–water partition coefficient (Wildman–Crippen LogP) is 4.64. The summed E-state index contributed by atoms with van der Waals surface area (Å²) in [5.41, 5.74) is 1.86. The first-order chi connectivity index (χ1) is 13.2. The smallest absolute Gasteiger partial charge is 0.284 e. The van der Waals surface area contributed by atoms with Gasteiger partial charge in [0.05, 0.1) is 12.1 Å². The van der Waals surface area contributed by atoms with E-state index < -0.39 is 0 Å². The summed E-state index contributed by atoms with van der Waals surface area (Å²) in [5.74, 6) is 0.982. The van der Waals surface area contributed by atoms with E-state index in [-0.39, 0.29) is 5.91 Å². The summed E-state index contributed by atoms with van der Waals surface area (Å²) in [6.45, 7) is 0. The molecule has 0 N–H and O–H groups in total. The van der Waals surface area contributed by atoms with E-state index in [4.69, 9.17) is 16.3 Å². The molecule has 0 fully saturated rings. The zero-order valence-electron chi connectivity index (χ0n) is 14.3. The van der Waals surface area contributed by atoms with Gasteiger partial charge in [-0.1, -0.05) is 35.9 Å². The van der Waals surface area contributed by atoms with Crippen LogP contribution in [0.25, 0.3) is 6.08 Å². The van der Waals surface area contributed by atoms with Gasteiger partial charge < -0.3 is 4.74 Å². The van der Waals surface area contributed by atoms with Crippen molar-refractivity contribution in [3.8, 4) is 5.75 Å². The van der Waals surface area contributed by atoms with Crippen molar-refractivity contribution in [3.63, 3.8) is 0 Å². The van der Waals surface area contributed by atoms with E-state index >= 15 is 0 Å². The molecular formula is C20H14ClN3O2S. The Balaban J connectivity index is 1.80. The van der Waals surface area contributed by atoms with Crippen molar-refractivity contribution in [2.45, 2.75) is 0 Å². The number of nitrogens with zero attached hydrogens (tertiary/aromatic N) is 3. The summed E-state index contributed by atoms with van der Waals surface area (Å²) >= 11 is 7.72. The number of rotatable bonds is 4. The second-order valence-corrected chi connectivity index (χ2v) is 6.95. The fraction of sp³-hybridized carbons (Fsp3) is 0.0500. The highest BCUT2D eigenvalue weighted by molar-refractivity contribution is 7.14. The summed E-state index contributed by atoms with van der Waals surface area (Å²) < 4.78 is 5.17. The van der Waals surface area contributed by atoms with Gasteiger partial charge in [0.2, 0.25) is 0 Å². The molecule has 1 aromatic heterocycles. The SMILES string of the molecule is COc1ccc(/C=C2\N=C(c3ccccc3Cl)N(c3nccs3)C2=O)cc1. The van der Waals surface area contributed by atoms with E-state index in [2.05, 4.69) is 9.98 Å². The Morgan fingerprint density at radius 1 is 1.15 bits per heavy atom. The van der Waals surface area contributed by atoms with Crippen LogP contribution in [0.5, 0.6) is 5.75 Å². The fourth-order valence-electron chi connectivity index (χ4n) is 2.70. The molecule has 0 radical (unpaired) electrons. The van der Waals surface area contributed by atoms with Gasteiger partial charge in [-0.25, -0.2) is 14.9 Å². The Kier molecular flexibility index (Phi) is 4.75. The van der Waals surface area contributed by atoms with E-state index in [9.17, 15) is 4.79 Å². The number of halogens is 1. The number of carbonyl (C=O) groups excluding carboxylic acids is 1. The van der Waals surface area contributed by atoms with Crippen LogP contribution in [0.4, 0.5) is 5.13 Å². The molecule has 3 aromatic rings. The van der Waals surface area contributed by atoms with Gasteiger partial charge in [-0.15, -0.1) is 11.3 Å². The Morgan fingerprint density at radius 3 is 2.59 bits per heavy atom. The zero-order valence-corrected chi connectivity index (χ0v) is 15.9. The Morgan fingerprint density at radius 2 is 1.93 bits per heavy atom. The minimum atomic E-state index is -0.240. The molecule has 2 heterocycles. The Hall–Kier alpha value is -2.96. The van der Waals surface area contributed by atoms with Crippen LogP contribution in [0, 0.1) is 0 Å². The molecule has 0 bridgehead atoms. The minimum absolute atomic E-state index is 0.240. The number of hydrogen-bond donors (Lipinski definition) is 0. The van der Waals surface area contributed by atoms with Crippen LogP contribution in [-0.2, 0) is 4.79 Å². The van der Waals surface area contributed by atoms with Crippen LogP contribution in [0.15, 0.2) is 70.8 Å². The van der Waals surface area contributed by atoms with Gasteiger partial charge in [0.25, 0.3) is 5.91 Å². The third-order valence-corrected chi connectivity index (χ3v) is 5.09. The van der Waals surface area contributed by atoms with E-state index in [1.54, 1.807) is 25.4 Å². The molecule has 4 rings (SSSR count). The van der Waals surface area contributed by atoms with Gasteiger partial charge in [-0.05, 0) is 35.9 Å². The van der Waals surface area contributed by atoms with Gasteiger partial charge >= 0.3 is 0 Å². The summed E-state index contributed by atoms with van der Waals surface area (Å²) in [4.78, 5) is 23.4. The van der Waals surface area contributed by atoms with E-state index in [0.29, 0.717) is 27.3 Å². The van der Waals surface area contributed by atoms with Crippen molar-refractivity contribution in [3.05, 3.63) is 82.0 Å². The number of aromatic nitrogens is 1. The molecule has 5 nitrogen and oxygen atoms in total. The standard InChI is InChI=1S/C20H14ClN3O2S/c1-26-14-8-6-13(7-9-14)12-17-19(25)24(20-22-10-11-27-20)18(23-17)15-4-2-3-5-16(15)21/h2-12H,1H3/b17-12-. The van der Waals surface area contributed by atoms with Crippen LogP contribution in [-0.4, -0.2) is 23.8 Å². The molecule has 134 valence electrons. The molecule has 7 heteroatoms. The lowest BCUT2D eigenvalue weighted by Gasteiger charge is -2.15. The van der Waals surface area contributed by atoms with Crippen LogP contribution in [0.3, 0.4) is 0 Å².